The van der Waals surface area contributed by atoms with Gasteiger partial charge in [0.05, 0.1) is 24.7 Å². The number of nitrogens with one attached hydrogen (secondary N) is 1. The van der Waals surface area contributed by atoms with E-state index in [1.807, 2.05) is 30.5 Å². The summed E-state index contributed by atoms with van der Waals surface area (Å²) in [5.74, 6) is 3.25. The first-order chi connectivity index (χ1) is 12.3. The molecule has 0 aromatic carbocycles. The minimum absolute atomic E-state index is 0.890. The summed E-state index contributed by atoms with van der Waals surface area (Å²) in [4.78, 5) is 20.5. The van der Waals surface area contributed by atoms with Gasteiger partial charge in [0.15, 0.2) is 0 Å². The number of H-pyrrole nitrogens is 1. The van der Waals surface area contributed by atoms with Crippen molar-refractivity contribution >= 4 is 33.2 Å². The Morgan fingerprint density at radius 1 is 1.04 bits per heavy atom. The molecular weight excluding hydrogens is 330 g/mol. The van der Waals surface area contributed by atoms with E-state index in [-0.39, 0.29) is 0 Å². The third-order valence-electron chi connectivity index (χ3n) is 5.27. The summed E-state index contributed by atoms with van der Waals surface area (Å²) in [6.45, 7) is 6.04. The number of hydrogen-bond acceptors (Lipinski definition) is 5. The zero-order chi connectivity index (χ0) is 16.8. The second kappa shape index (κ2) is 5.95. The molecule has 0 saturated carbocycles. The van der Waals surface area contributed by atoms with E-state index in [1.54, 1.807) is 0 Å². The summed E-state index contributed by atoms with van der Waals surface area (Å²) < 4.78 is 0. The van der Waals surface area contributed by atoms with Gasteiger partial charge in [-0.3, -0.25) is 4.90 Å². The van der Waals surface area contributed by atoms with Crippen molar-refractivity contribution in [1.82, 2.24) is 9.97 Å². The van der Waals surface area contributed by atoms with E-state index in [0.29, 0.717) is 0 Å². The van der Waals surface area contributed by atoms with Gasteiger partial charge in [-0.25, -0.2) is 15.0 Å². The molecule has 1 fully saturated rings. The molecule has 0 unspecified atom stereocenters. The highest BCUT2D eigenvalue weighted by molar-refractivity contribution is 7.19. The van der Waals surface area contributed by atoms with Crippen LogP contribution < -0.4 is 14.8 Å². The van der Waals surface area contributed by atoms with Gasteiger partial charge in [-0.15, -0.1) is 11.3 Å². The van der Waals surface area contributed by atoms with E-state index in [0.717, 1.165) is 32.0 Å². The fourth-order valence-corrected chi connectivity index (χ4v) is 5.35. The molecule has 1 saturated heterocycles. The maximum atomic E-state index is 4.87. The van der Waals surface area contributed by atoms with E-state index in [4.69, 9.17) is 9.97 Å². The largest absolute Gasteiger partial charge is 0.348 e. The number of rotatable bonds is 2. The first kappa shape index (κ1) is 15.1. The number of aromatic nitrogens is 3. The lowest BCUT2D eigenvalue weighted by atomic mass is 10.1. The molecule has 5 rings (SSSR count). The van der Waals surface area contributed by atoms with Gasteiger partial charge >= 0.3 is 0 Å². The van der Waals surface area contributed by atoms with Gasteiger partial charge in [0.1, 0.15) is 29.6 Å². The Labute approximate surface area is 151 Å². The molecule has 0 amide bonds. The van der Waals surface area contributed by atoms with Crippen molar-refractivity contribution in [2.45, 2.75) is 26.2 Å². The molecule has 0 bridgehead atoms. The lowest BCUT2D eigenvalue weighted by Crippen LogP contribution is -2.48. The van der Waals surface area contributed by atoms with Gasteiger partial charge in [0, 0.05) is 10.9 Å². The summed E-state index contributed by atoms with van der Waals surface area (Å²) in [5, 5.41) is 1.34. The summed E-state index contributed by atoms with van der Waals surface area (Å²) in [7, 11) is 0. The summed E-state index contributed by atoms with van der Waals surface area (Å²) in [6.07, 6.45) is 5.68. The van der Waals surface area contributed by atoms with Crippen LogP contribution in [-0.2, 0) is 12.8 Å². The molecule has 0 spiro atoms. The molecule has 128 valence electrons. The minimum Gasteiger partial charge on any atom is -0.348 e. The Hall–Kier alpha value is -2.21. The highest BCUT2D eigenvalue weighted by Gasteiger charge is 2.28. The van der Waals surface area contributed by atoms with Crippen molar-refractivity contribution in [3.63, 3.8) is 0 Å². The highest BCUT2D eigenvalue weighted by Crippen LogP contribution is 2.40. The van der Waals surface area contributed by atoms with Crippen molar-refractivity contribution in [2.75, 3.05) is 36.0 Å². The number of aromatic amines is 1. The first-order valence-corrected chi connectivity index (χ1v) is 9.87. The second-order valence-corrected chi connectivity index (χ2v) is 7.94. The van der Waals surface area contributed by atoms with E-state index in [9.17, 15) is 0 Å². The predicted octanol–water partition coefficient (Wildman–Crippen LogP) is 2.63. The van der Waals surface area contributed by atoms with Gasteiger partial charge in [0.25, 0.3) is 5.82 Å². The maximum absolute atomic E-state index is 4.87. The van der Waals surface area contributed by atoms with Crippen LogP contribution in [0, 0.1) is 6.92 Å². The second-order valence-electron chi connectivity index (χ2n) is 6.85. The average Bonchev–Trinajstić information content (AvgIpc) is 3.22. The third-order valence-corrected chi connectivity index (χ3v) is 6.46. The first-order valence-electron chi connectivity index (χ1n) is 9.05. The number of nitrogens with zero attached hydrogens (tertiary/aromatic N) is 4. The van der Waals surface area contributed by atoms with Gasteiger partial charge in [-0.1, -0.05) is 6.07 Å². The van der Waals surface area contributed by atoms with Crippen LogP contribution in [0.4, 0.5) is 11.6 Å². The zero-order valence-corrected chi connectivity index (χ0v) is 15.3. The topological polar surface area (TPSA) is 46.4 Å². The fraction of sp³-hybridized carbons (Fsp3) is 0.421. The molecule has 0 radical (unpaired) electrons. The van der Waals surface area contributed by atoms with Crippen LogP contribution in [0.5, 0.6) is 0 Å². The monoisotopic (exact) mass is 352 g/mol. The summed E-state index contributed by atoms with van der Waals surface area (Å²) >= 11 is 1.88. The van der Waals surface area contributed by atoms with E-state index < -0.39 is 0 Å². The smallest absolute Gasteiger partial charge is 0.274 e. The average molecular weight is 352 g/mol. The number of anilines is 2. The molecule has 3 aromatic heterocycles. The van der Waals surface area contributed by atoms with Gasteiger partial charge in [0.2, 0.25) is 0 Å². The quantitative estimate of drug-likeness (QED) is 0.711. The highest BCUT2D eigenvalue weighted by atomic mass is 32.1. The lowest BCUT2D eigenvalue weighted by molar-refractivity contribution is -0.364. The molecule has 25 heavy (non-hydrogen) atoms. The molecule has 5 nitrogen and oxygen atoms in total. The summed E-state index contributed by atoms with van der Waals surface area (Å²) in [6, 6.07) is 6.26. The van der Waals surface area contributed by atoms with E-state index in [2.05, 4.69) is 26.9 Å². The number of fused-ring (bicyclic) bond motifs is 3. The van der Waals surface area contributed by atoms with Crippen molar-refractivity contribution in [3.05, 3.63) is 40.7 Å². The van der Waals surface area contributed by atoms with Crippen molar-refractivity contribution < 1.29 is 4.98 Å². The molecule has 1 aliphatic carbocycles. The summed E-state index contributed by atoms with van der Waals surface area (Å²) in [5.41, 5.74) is 1.52. The van der Waals surface area contributed by atoms with Crippen LogP contribution in [0.1, 0.15) is 22.7 Å². The Morgan fingerprint density at radius 3 is 2.68 bits per heavy atom. The van der Waals surface area contributed by atoms with Crippen LogP contribution in [0.15, 0.2) is 24.4 Å². The molecule has 2 aliphatic rings. The predicted molar refractivity (Wildman–Crippen MR) is 102 cm³/mol. The fourth-order valence-electron chi connectivity index (χ4n) is 4.05. The maximum Gasteiger partial charge on any atom is 0.274 e. The molecule has 6 heteroatoms. The van der Waals surface area contributed by atoms with Gasteiger partial charge in [-0.2, -0.15) is 0 Å². The molecule has 3 aromatic rings. The van der Waals surface area contributed by atoms with Crippen molar-refractivity contribution in [2.24, 2.45) is 0 Å². The molecule has 0 atom stereocenters. The van der Waals surface area contributed by atoms with Crippen LogP contribution in [0.25, 0.3) is 10.2 Å². The number of pyridine rings is 1. The number of piperazine rings is 1. The van der Waals surface area contributed by atoms with E-state index in [1.165, 1.54) is 51.6 Å². The van der Waals surface area contributed by atoms with Gasteiger partial charge in [-0.05, 0) is 37.8 Å². The number of aryl methyl sites for hydroxylation is 3. The normalized spacial score (nSPS) is 17.3. The minimum atomic E-state index is 0.890. The van der Waals surface area contributed by atoms with Gasteiger partial charge < -0.3 is 4.90 Å². The zero-order valence-electron chi connectivity index (χ0n) is 14.5. The Balaban J connectivity index is 1.46. The third kappa shape index (κ3) is 2.56. The molecule has 4 heterocycles. The Bertz CT molecular complexity index is 912. The Kier molecular flexibility index (Phi) is 3.59. The van der Waals surface area contributed by atoms with Crippen LogP contribution in [-0.4, -0.2) is 36.1 Å². The standard InChI is InChI=1S/C19H21N5S/c1-13-21-18(17-14-5-4-6-15(14)25-19(17)22-13)24-11-9-23(10-12-24)16-7-2-3-8-20-16/h2-3,7-8H,4-6,9-12H2,1H3/p+1. The van der Waals surface area contributed by atoms with Crippen molar-refractivity contribution in [3.8, 4) is 0 Å². The van der Waals surface area contributed by atoms with Crippen molar-refractivity contribution in [1.29, 1.82) is 0 Å². The Morgan fingerprint density at radius 2 is 1.88 bits per heavy atom. The van der Waals surface area contributed by atoms with Crippen LogP contribution >= 0.6 is 11.3 Å². The van der Waals surface area contributed by atoms with E-state index >= 15 is 0 Å². The lowest BCUT2D eigenvalue weighted by Gasteiger charge is -2.32. The number of thiophene rings is 1. The molecule has 1 aliphatic heterocycles. The van der Waals surface area contributed by atoms with Crippen LogP contribution in [0.2, 0.25) is 0 Å². The van der Waals surface area contributed by atoms with Crippen LogP contribution in [0.3, 0.4) is 0 Å². The molecule has 1 N–H and O–H groups in total. The molecular formula is C19H22N5S+. The SMILES string of the molecule is Cc1nc(N2CCN(c3cccc[nH+]3)CC2)c2c3c(sc2n1)CCC3. The number of hydrogen-bond donors (Lipinski definition) is 0.